The molecule has 1 aromatic carbocycles. The monoisotopic (exact) mass is 257 g/mol. The molecular formula is C14H15N3O2. The Balaban J connectivity index is 2.35. The average molecular weight is 257 g/mol. The molecule has 0 radical (unpaired) electrons. The smallest absolute Gasteiger partial charge is 0.335 e. The summed E-state index contributed by atoms with van der Waals surface area (Å²) < 4.78 is 0. The van der Waals surface area contributed by atoms with E-state index in [0.29, 0.717) is 17.9 Å². The van der Waals surface area contributed by atoms with E-state index in [2.05, 4.69) is 21.4 Å². The molecule has 5 heteroatoms. The molecule has 0 aliphatic rings. The van der Waals surface area contributed by atoms with Crippen molar-refractivity contribution in [3.05, 3.63) is 41.7 Å². The SMILES string of the molecule is CC(C)=CCNc1ncnc2cc(C(=O)O)ccc12. The number of nitrogens with one attached hydrogen (secondary N) is 1. The quantitative estimate of drug-likeness (QED) is 0.824. The van der Waals surface area contributed by atoms with E-state index in [0.717, 1.165) is 5.39 Å². The van der Waals surface area contributed by atoms with Crippen molar-refractivity contribution >= 4 is 22.7 Å². The van der Waals surface area contributed by atoms with Crippen LogP contribution in [0.5, 0.6) is 0 Å². The number of aromatic carboxylic acids is 1. The lowest BCUT2D eigenvalue weighted by Gasteiger charge is -2.07. The molecule has 0 bridgehead atoms. The lowest BCUT2D eigenvalue weighted by molar-refractivity contribution is 0.0697. The largest absolute Gasteiger partial charge is 0.478 e. The van der Waals surface area contributed by atoms with Crippen LogP contribution in [0.2, 0.25) is 0 Å². The standard InChI is InChI=1S/C14H15N3O2/c1-9(2)5-6-15-13-11-4-3-10(14(18)19)7-12(11)16-8-17-13/h3-5,7-8H,6H2,1-2H3,(H,18,19)(H,15,16,17). The van der Waals surface area contributed by atoms with Crippen molar-refractivity contribution in [2.24, 2.45) is 0 Å². The van der Waals surface area contributed by atoms with Gasteiger partial charge >= 0.3 is 5.97 Å². The molecule has 19 heavy (non-hydrogen) atoms. The van der Waals surface area contributed by atoms with E-state index in [9.17, 15) is 4.79 Å². The molecule has 0 atom stereocenters. The summed E-state index contributed by atoms with van der Waals surface area (Å²) in [6.07, 6.45) is 3.48. The number of carbonyl (C=O) groups is 1. The van der Waals surface area contributed by atoms with Crippen LogP contribution in [0.4, 0.5) is 5.82 Å². The van der Waals surface area contributed by atoms with Gasteiger partial charge in [0.05, 0.1) is 11.1 Å². The number of anilines is 1. The lowest BCUT2D eigenvalue weighted by Crippen LogP contribution is -2.03. The molecule has 2 aromatic rings. The fourth-order valence-electron chi connectivity index (χ4n) is 1.68. The van der Waals surface area contributed by atoms with Crippen LogP contribution in [0.1, 0.15) is 24.2 Å². The zero-order valence-electron chi connectivity index (χ0n) is 10.8. The molecule has 0 aliphatic carbocycles. The number of hydrogen-bond donors (Lipinski definition) is 2. The van der Waals surface area contributed by atoms with Crippen LogP contribution in [0, 0.1) is 0 Å². The number of rotatable bonds is 4. The molecule has 2 rings (SSSR count). The van der Waals surface area contributed by atoms with E-state index in [-0.39, 0.29) is 5.56 Å². The van der Waals surface area contributed by atoms with Crippen LogP contribution in [0.3, 0.4) is 0 Å². The van der Waals surface area contributed by atoms with E-state index in [1.54, 1.807) is 18.2 Å². The van der Waals surface area contributed by atoms with Gasteiger partial charge in [-0.25, -0.2) is 14.8 Å². The molecule has 0 amide bonds. The third-order valence-corrected chi connectivity index (χ3v) is 2.66. The van der Waals surface area contributed by atoms with Gasteiger partial charge in [-0.3, -0.25) is 0 Å². The van der Waals surface area contributed by atoms with Crippen molar-refractivity contribution in [2.75, 3.05) is 11.9 Å². The van der Waals surface area contributed by atoms with Crippen molar-refractivity contribution < 1.29 is 9.90 Å². The first-order valence-electron chi connectivity index (χ1n) is 5.93. The number of aromatic nitrogens is 2. The van der Waals surface area contributed by atoms with Crippen LogP contribution in [0.15, 0.2) is 36.2 Å². The minimum Gasteiger partial charge on any atom is -0.478 e. The van der Waals surface area contributed by atoms with Gasteiger partial charge in [-0.05, 0) is 32.0 Å². The van der Waals surface area contributed by atoms with Crippen molar-refractivity contribution in [2.45, 2.75) is 13.8 Å². The fraction of sp³-hybridized carbons (Fsp3) is 0.214. The Labute approximate surface area is 111 Å². The molecule has 0 spiro atoms. The van der Waals surface area contributed by atoms with E-state index in [1.165, 1.54) is 11.9 Å². The molecule has 0 saturated carbocycles. The average Bonchev–Trinajstić information content (AvgIpc) is 2.37. The molecule has 0 saturated heterocycles. The minimum absolute atomic E-state index is 0.224. The van der Waals surface area contributed by atoms with E-state index in [4.69, 9.17) is 5.11 Å². The predicted molar refractivity (Wildman–Crippen MR) is 74.4 cm³/mol. The van der Waals surface area contributed by atoms with Gasteiger partial charge in [-0.2, -0.15) is 0 Å². The minimum atomic E-state index is -0.959. The number of nitrogens with zero attached hydrogens (tertiary/aromatic N) is 2. The Morgan fingerprint density at radius 3 is 2.84 bits per heavy atom. The lowest BCUT2D eigenvalue weighted by atomic mass is 10.1. The summed E-state index contributed by atoms with van der Waals surface area (Å²) in [6, 6.07) is 4.83. The molecule has 0 fully saturated rings. The number of benzene rings is 1. The Hall–Kier alpha value is -2.43. The van der Waals surface area contributed by atoms with Gasteiger partial charge in [0.15, 0.2) is 0 Å². The normalized spacial score (nSPS) is 10.2. The van der Waals surface area contributed by atoms with Crippen LogP contribution < -0.4 is 5.32 Å². The molecule has 1 heterocycles. The zero-order chi connectivity index (χ0) is 13.8. The summed E-state index contributed by atoms with van der Waals surface area (Å²) in [5.41, 5.74) is 2.06. The second kappa shape index (κ2) is 5.48. The van der Waals surface area contributed by atoms with Crippen molar-refractivity contribution in [3.63, 3.8) is 0 Å². The van der Waals surface area contributed by atoms with Crippen LogP contribution in [-0.4, -0.2) is 27.6 Å². The summed E-state index contributed by atoms with van der Waals surface area (Å²) in [5.74, 6) is -0.251. The molecule has 0 unspecified atom stereocenters. The zero-order valence-corrected chi connectivity index (χ0v) is 10.8. The van der Waals surface area contributed by atoms with Crippen LogP contribution in [0.25, 0.3) is 10.9 Å². The first-order chi connectivity index (χ1) is 9.08. The number of carboxylic acids is 1. The fourth-order valence-corrected chi connectivity index (χ4v) is 1.68. The molecule has 5 nitrogen and oxygen atoms in total. The summed E-state index contributed by atoms with van der Waals surface area (Å²) in [6.45, 7) is 4.73. The highest BCUT2D eigenvalue weighted by atomic mass is 16.4. The topological polar surface area (TPSA) is 75.1 Å². The maximum atomic E-state index is 10.9. The van der Waals surface area contributed by atoms with Gasteiger partial charge in [0.2, 0.25) is 0 Å². The summed E-state index contributed by atoms with van der Waals surface area (Å²) in [4.78, 5) is 19.2. The van der Waals surface area contributed by atoms with E-state index >= 15 is 0 Å². The van der Waals surface area contributed by atoms with Gasteiger partial charge in [-0.15, -0.1) is 0 Å². The third-order valence-electron chi connectivity index (χ3n) is 2.66. The van der Waals surface area contributed by atoms with Gasteiger partial charge < -0.3 is 10.4 Å². The summed E-state index contributed by atoms with van der Waals surface area (Å²) in [5, 5.41) is 13.0. The van der Waals surface area contributed by atoms with Gasteiger partial charge in [0.25, 0.3) is 0 Å². The highest BCUT2D eigenvalue weighted by molar-refractivity contribution is 5.96. The first kappa shape index (κ1) is 13.0. The Kier molecular flexibility index (Phi) is 3.75. The first-order valence-corrected chi connectivity index (χ1v) is 5.93. The van der Waals surface area contributed by atoms with Gasteiger partial charge in [0.1, 0.15) is 12.1 Å². The maximum absolute atomic E-state index is 10.9. The number of carboxylic acid groups (broad SMARTS) is 1. The Morgan fingerprint density at radius 2 is 2.16 bits per heavy atom. The van der Waals surface area contributed by atoms with E-state index < -0.39 is 5.97 Å². The van der Waals surface area contributed by atoms with Gasteiger partial charge in [0, 0.05) is 11.9 Å². The number of allylic oxidation sites excluding steroid dienone is 1. The molecular weight excluding hydrogens is 242 g/mol. The Morgan fingerprint density at radius 1 is 1.37 bits per heavy atom. The summed E-state index contributed by atoms with van der Waals surface area (Å²) >= 11 is 0. The van der Waals surface area contributed by atoms with Crippen molar-refractivity contribution in [1.82, 2.24) is 9.97 Å². The molecule has 1 aromatic heterocycles. The molecule has 98 valence electrons. The van der Waals surface area contributed by atoms with Crippen LogP contribution >= 0.6 is 0 Å². The van der Waals surface area contributed by atoms with E-state index in [1.807, 2.05) is 13.8 Å². The summed E-state index contributed by atoms with van der Waals surface area (Å²) in [7, 11) is 0. The second-order valence-electron chi connectivity index (χ2n) is 4.42. The number of hydrogen-bond acceptors (Lipinski definition) is 4. The highest BCUT2D eigenvalue weighted by Gasteiger charge is 2.07. The maximum Gasteiger partial charge on any atom is 0.335 e. The number of fused-ring (bicyclic) bond motifs is 1. The highest BCUT2D eigenvalue weighted by Crippen LogP contribution is 2.20. The Bertz CT molecular complexity index is 646. The molecule has 2 N–H and O–H groups in total. The second-order valence-corrected chi connectivity index (χ2v) is 4.42. The van der Waals surface area contributed by atoms with Gasteiger partial charge in [-0.1, -0.05) is 11.6 Å². The van der Waals surface area contributed by atoms with Crippen molar-refractivity contribution in [1.29, 1.82) is 0 Å². The molecule has 0 aliphatic heterocycles. The third kappa shape index (κ3) is 3.07. The van der Waals surface area contributed by atoms with Crippen molar-refractivity contribution in [3.8, 4) is 0 Å². The van der Waals surface area contributed by atoms with Crippen LogP contribution in [-0.2, 0) is 0 Å². The predicted octanol–water partition coefficient (Wildman–Crippen LogP) is 2.71.